The second-order valence-corrected chi connectivity index (χ2v) is 9.02. The van der Waals surface area contributed by atoms with Gasteiger partial charge in [0.1, 0.15) is 18.4 Å². The molecule has 0 fully saturated rings. The van der Waals surface area contributed by atoms with Gasteiger partial charge in [-0.1, -0.05) is 60.7 Å². The van der Waals surface area contributed by atoms with Crippen molar-refractivity contribution in [1.29, 1.82) is 0 Å². The number of benzene rings is 4. The lowest BCUT2D eigenvalue weighted by atomic mass is 10.1. The van der Waals surface area contributed by atoms with Crippen LogP contribution < -0.4 is 0 Å². The van der Waals surface area contributed by atoms with E-state index in [2.05, 4.69) is 62.9 Å². The van der Waals surface area contributed by atoms with Gasteiger partial charge < -0.3 is 0 Å². The monoisotopic (exact) mass is 504 g/mol. The number of thioether (sulfide) groups is 1. The molecule has 0 saturated carbocycles. The summed E-state index contributed by atoms with van der Waals surface area (Å²) in [7, 11) is 0. The minimum atomic E-state index is -0.319. The first-order valence-electron chi connectivity index (χ1n) is 11.1. The molecule has 0 radical (unpaired) electrons. The first kappa shape index (κ1) is 28.1. The molecular weight excluding hydrogens is 475 g/mol. The van der Waals surface area contributed by atoms with Gasteiger partial charge in [0.15, 0.2) is 0 Å². The molecule has 0 amide bonds. The predicted molar refractivity (Wildman–Crippen MR) is 148 cm³/mol. The summed E-state index contributed by atoms with van der Waals surface area (Å²) in [4.78, 5) is 21.7. The van der Waals surface area contributed by atoms with Crippen molar-refractivity contribution in [2.45, 2.75) is 30.2 Å². The molecule has 0 aromatic heterocycles. The van der Waals surface area contributed by atoms with Gasteiger partial charge >= 0.3 is 0 Å². The maximum atomic E-state index is 12.1. The van der Waals surface area contributed by atoms with Crippen molar-refractivity contribution in [3.8, 4) is 0 Å². The van der Waals surface area contributed by atoms with Gasteiger partial charge in [-0.15, -0.1) is 11.8 Å². The van der Waals surface area contributed by atoms with E-state index in [1.54, 1.807) is 11.8 Å². The van der Waals surface area contributed by atoms with Crippen LogP contribution in [0.25, 0.3) is 0 Å². The Morgan fingerprint density at radius 2 is 1.14 bits per heavy atom. The van der Waals surface area contributed by atoms with Crippen LogP contribution in [0, 0.1) is 19.7 Å². The van der Waals surface area contributed by atoms with Crippen LogP contribution in [0.5, 0.6) is 0 Å². The molecule has 5 heteroatoms. The van der Waals surface area contributed by atoms with Gasteiger partial charge in [0.05, 0.1) is 0 Å². The summed E-state index contributed by atoms with van der Waals surface area (Å²) in [6, 6.07) is 29.8. The minimum absolute atomic E-state index is 0.319. The molecule has 0 heterocycles. The second kappa shape index (κ2) is 15.7. The highest BCUT2D eigenvalue weighted by molar-refractivity contribution is 7.98. The molecule has 180 valence electrons. The Balaban J connectivity index is 0.000000203. The topological polar surface area (TPSA) is 34.1 Å². The lowest BCUT2D eigenvalue weighted by molar-refractivity contribution is 0.111. The molecule has 4 aromatic rings. The van der Waals surface area contributed by atoms with E-state index >= 15 is 0 Å². The average molecular weight is 505 g/mol. The van der Waals surface area contributed by atoms with Gasteiger partial charge in [-0.05, 0) is 72.5 Å². The molecule has 0 aliphatic heterocycles. The molecule has 2 nitrogen and oxygen atoms in total. The fraction of sp³-hybridized carbons (Fsp3) is 0.133. The summed E-state index contributed by atoms with van der Waals surface area (Å²) in [6.07, 6.45) is 1.55. The Hall–Kier alpha value is -3.15. The fourth-order valence-electron chi connectivity index (χ4n) is 2.90. The number of carbonyl (C=O) groups is 2. The van der Waals surface area contributed by atoms with Crippen LogP contribution in [0.3, 0.4) is 0 Å². The molecule has 4 rings (SSSR count). The average Bonchev–Trinajstić information content (AvgIpc) is 2.90. The zero-order valence-corrected chi connectivity index (χ0v) is 21.6. The van der Waals surface area contributed by atoms with Crippen molar-refractivity contribution in [1.82, 2.24) is 0 Å². The molecule has 0 bridgehead atoms. The zero-order chi connectivity index (χ0) is 25.5. The van der Waals surface area contributed by atoms with E-state index in [1.807, 2.05) is 36.4 Å². The number of hydrogen-bond acceptors (Lipinski definition) is 4. The van der Waals surface area contributed by atoms with E-state index in [1.165, 1.54) is 51.4 Å². The molecule has 0 N–H and O–H groups in total. The number of thiol groups is 1. The summed E-state index contributed by atoms with van der Waals surface area (Å²) in [5.41, 5.74) is 6.55. The van der Waals surface area contributed by atoms with Gasteiger partial charge in [-0.3, -0.25) is 9.59 Å². The summed E-state index contributed by atoms with van der Waals surface area (Å²) >= 11 is 5.97. The Kier molecular flexibility index (Phi) is 12.6. The molecule has 0 unspecified atom stereocenters. The number of rotatable bonds is 6. The molecule has 0 spiro atoms. The molecule has 0 aliphatic rings. The maximum absolute atomic E-state index is 12.1. The van der Waals surface area contributed by atoms with Gasteiger partial charge in [0.25, 0.3) is 0 Å². The lowest BCUT2D eigenvalue weighted by Gasteiger charge is -2.05. The second-order valence-electron chi connectivity index (χ2n) is 7.66. The Morgan fingerprint density at radius 1 is 0.686 bits per heavy atom. The van der Waals surface area contributed by atoms with E-state index in [9.17, 15) is 14.0 Å². The summed E-state index contributed by atoms with van der Waals surface area (Å²) in [6.45, 7) is 4.23. The maximum Gasteiger partial charge on any atom is 0.150 e. The highest BCUT2D eigenvalue weighted by Crippen LogP contribution is 2.24. The van der Waals surface area contributed by atoms with Crippen molar-refractivity contribution in [3.63, 3.8) is 0 Å². The standard InChI is InChI=1S/C15H14OS.C8H10S.C7H5FO/c1-12-4-2-3-5-14(12)11-17-15-8-6-13(10-16)7-9-15;1-7-4-2-3-5-8(7)6-9;8-7-3-1-6(5-9)2-4-7/h2-10H,11H2,1H3;2-5,9H,6H2,1H3;1-5H. The third-order valence-corrected chi connectivity index (χ3v) is 6.51. The molecule has 4 aromatic carbocycles. The SMILES string of the molecule is Cc1ccccc1CS.Cc1ccccc1CSc1ccc(C=O)cc1.O=Cc1ccc(F)cc1. The van der Waals surface area contributed by atoms with Crippen LogP contribution in [0.4, 0.5) is 4.39 Å². The highest BCUT2D eigenvalue weighted by atomic mass is 32.2. The van der Waals surface area contributed by atoms with Gasteiger partial charge in [-0.2, -0.15) is 12.6 Å². The zero-order valence-electron chi connectivity index (χ0n) is 19.9. The number of halogens is 1. The van der Waals surface area contributed by atoms with E-state index < -0.39 is 0 Å². The van der Waals surface area contributed by atoms with Crippen LogP contribution in [0.1, 0.15) is 43.0 Å². The predicted octanol–water partition coefficient (Wildman–Crippen LogP) is 8.16. The third kappa shape index (κ3) is 10.3. The third-order valence-electron chi connectivity index (χ3n) is 5.11. The molecule has 35 heavy (non-hydrogen) atoms. The highest BCUT2D eigenvalue weighted by Gasteiger charge is 1.99. The van der Waals surface area contributed by atoms with Crippen LogP contribution in [-0.4, -0.2) is 12.6 Å². The molecule has 0 atom stereocenters. The largest absolute Gasteiger partial charge is 0.298 e. The van der Waals surface area contributed by atoms with E-state index in [0.29, 0.717) is 11.8 Å². The molecule has 0 aliphatic carbocycles. The van der Waals surface area contributed by atoms with Crippen LogP contribution >= 0.6 is 24.4 Å². The number of hydrogen-bond donors (Lipinski definition) is 1. The summed E-state index contributed by atoms with van der Waals surface area (Å²) < 4.78 is 12.1. The van der Waals surface area contributed by atoms with Crippen LogP contribution in [0.15, 0.2) is 102 Å². The summed E-state index contributed by atoms with van der Waals surface area (Å²) in [5, 5.41) is 0. The Morgan fingerprint density at radius 3 is 1.57 bits per heavy atom. The smallest absolute Gasteiger partial charge is 0.150 e. The van der Waals surface area contributed by atoms with E-state index in [0.717, 1.165) is 23.4 Å². The quantitative estimate of drug-likeness (QED) is 0.163. The Bertz CT molecular complexity index is 1190. The van der Waals surface area contributed by atoms with E-state index in [-0.39, 0.29) is 5.82 Å². The van der Waals surface area contributed by atoms with Crippen molar-refractivity contribution >= 4 is 37.0 Å². The van der Waals surface area contributed by atoms with Crippen molar-refractivity contribution < 1.29 is 14.0 Å². The van der Waals surface area contributed by atoms with Crippen LogP contribution in [0.2, 0.25) is 0 Å². The lowest BCUT2D eigenvalue weighted by Crippen LogP contribution is -1.85. The van der Waals surface area contributed by atoms with Crippen molar-refractivity contribution in [3.05, 3.63) is 136 Å². The molecule has 0 saturated heterocycles. The summed E-state index contributed by atoms with van der Waals surface area (Å²) in [5.74, 6) is 1.49. The first-order valence-corrected chi connectivity index (χ1v) is 12.7. The van der Waals surface area contributed by atoms with E-state index in [4.69, 9.17) is 0 Å². The normalized spacial score (nSPS) is 9.71. The van der Waals surface area contributed by atoms with Gasteiger partial charge in [-0.25, -0.2) is 4.39 Å². The van der Waals surface area contributed by atoms with Gasteiger partial charge in [0.2, 0.25) is 0 Å². The number of aldehydes is 2. The first-order chi connectivity index (χ1) is 17.0. The fourth-order valence-corrected chi connectivity index (χ4v) is 4.23. The van der Waals surface area contributed by atoms with Crippen molar-refractivity contribution in [2.75, 3.05) is 0 Å². The minimum Gasteiger partial charge on any atom is -0.298 e. The van der Waals surface area contributed by atoms with Crippen LogP contribution in [-0.2, 0) is 11.5 Å². The Labute approximate surface area is 217 Å². The number of carbonyl (C=O) groups excluding carboxylic acids is 2. The van der Waals surface area contributed by atoms with Crippen molar-refractivity contribution in [2.24, 2.45) is 0 Å². The molecular formula is C30H29FO2S2. The number of aryl methyl sites for hydroxylation is 2. The van der Waals surface area contributed by atoms with Gasteiger partial charge in [0, 0.05) is 27.5 Å².